The molecule has 1 unspecified atom stereocenters. The standard InChI is InChI=1S/C13H16FN5S/c1-8(9-5-3-4-6-10(9)14)16-11-7-12(19-15)18-13(17-11)20-2/h3-8H,15H2,1-2H3,(H2,16,17,18,19). The predicted octanol–water partition coefficient (Wildman–Crippen LogP) is 2.80. The lowest BCUT2D eigenvalue weighted by atomic mass is 10.1. The highest BCUT2D eigenvalue weighted by Crippen LogP contribution is 2.23. The van der Waals surface area contributed by atoms with Crippen molar-refractivity contribution in [2.45, 2.75) is 18.1 Å². The van der Waals surface area contributed by atoms with Gasteiger partial charge in [0.05, 0.1) is 6.04 Å². The second kappa shape index (κ2) is 6.53. The molecule has 0 spiro atoms. The zero-order valence-electron chi connectivity index (χ0n) is 11.2. The second-order valence-corrected chi connectivity index (χ2v) is 4.93. The number of hydrogen-bond donors (Lipinski definition) is 3. The third-order valence-corrected chi connectivity index (χ3v) is 3.32. The molecule has 5 nitrogen and oxygen atoms in total. The number of halogens is 1. The van der Waals surface area contributed by atoms with E-state index in [9.17, 15) is 4.39 Å². The number of nitrogens with two attached hydrogens (primary N) is 1. The number of aromatic nitrogens is 2. The van der Waals surface area contributed by atoms with Crippen LogP contribution in [0.25, 0.3) is 0 Å². The molecule has 7 heteroatoms. The van der Waals surface area contributed by atoms with Gasteiger partial charge in [0, 0.05) is 11.6 Å². The van der Waals surface area contributed by atoms with Crippen molar-refractivity contribution >= 4 is 23.4 Å². The number of nitrogens with zero attached hydrogens (tertiary/aromatic N) is 2. The topological polar surface area (TPSA) is 75.9 Å². The Bertz CT molecular complexity index is 570. The Kier molecular flexibility index (Phi) is 4.75. The zero-order chi connectivity index (χ0) is 14.5. The fourth-order valence-electron chi connectivity index (χ4n) is 1.79. The summed E-state index contributed by atoms with van der Waals surface area (Å²) in [6.45, 7) is 1.87. The van der Waals surface area contributed by atoms with E-state index in [1.165, 1.54) is 17.8 Å². The molecule has 106 valence electrons. The highest BCUT2D eigenvalue weighted by atomic mass is 32.2. The number of hydrogen-bond acceptors (Lipinski definition) is 6. The molecule has 0 aliphatic rings. The van der Waals surface area contributed by atoms with Gasteiger partial charge in [-0.1, -0.05) is 30.0 Å². The maximum Gasteiger partial charge on any atom is 0.191 e. The molecular weight excluding hydrogens is 277 g/mol. The number of hydrazine groups is 1. The summed E-state index contributed by atoms with van der Waals surface area (Å²) >= 11 is 1.41. The van der Waals surface area contributed by atoms with Crippen LogP contribution in [0, 0.1) is 5.82 Å². The largest absolute Gasteiger partial charge is 0.363 e. The number of benzene rings is 1. The molecule has 0 saturated carbocycles. The van der Waals surface area contributed by atoms with E-state index in [1.807, 2.05) is 13.2 Å². The third-order valence-electron chi connectivity index (χ3n) is 2.77. The number of nitrogen functional groups attached to an aromatic ring is 1. The molecule has 2 rings (SSSR count). The monoisotopic (exact) mass is 293 g/mol. The second-order valence-electron chi connectivity index (χ2n) is 4.16. The van der Waals surface area contributed by atoms with E-state index in [4.69, 9.17) is 5.84 Å². The van der Waals surface area contributed by atoms with Gasteiger partial charge in [0.25, 0.3) is 0 Å². The predicted molar refractivity (Wildman–Crippen MR) is 80.1 cm³/mol. The maximum absolute atomic E-state index is 13.7. The van der Waals surface area contributed by atoms with Crippen molar-refractivity contribution in [3.05, 3.63) is 41.7 Å². The van der Waals surface area contributed by atoms with Crippen LogP contribution < -0.4 is 16.6 Å². The van der Waals surface area contributed by atoms with Crippen molar-refractivity contribution in [1.29, 1.82) is 0 Å². The highest BCUT2D eigenvalue weighted by Gasteiger charge is 2.12. The van der Waals surface area contributed by atoms with Gasteiger partial charge in [-0.25, -0.2) is 20.2 Å². The molecule has 0 bridgehead atoms. The summed E-state index contributed by atoms with van der Waals surface area (Å²) in [6.07, 6.45) is 1.87. The highest BCUT2D eigenvalue weighted by molar-refractivity contribution is 7.98. The van der Waals surface area contributed by atoms with Crippen LogP contribution in [0.5, 0.6) is 0 Å². The van der Waals surface area contributed by atoms with Crippen LogP contribution in [0.3, 0.4) is 0 Å². The lowest BCUT2D eigenvalue weighted by molar-refractivity contribution is 0.600. The zero-order valence-corrected chi connectivity index (χ0v) is 12.0. The first kappa shape index (κ1) is 14.5. The van der Waals surface area contributed by atoms with Crippen molar-refractivity contribution in [3.63, 3.8) is 0 Å². The van der Waals surface area contributed by atoms with Crippen molar-refractivity contribution in [2.24, 2.45) is 5.84 Å². The molecule has 20 heavy (non-hydrogen) atoms. The molecular formula is C13H16FN5S. The summed E-state index contributed by atoms with van der Waals surface area (Å²) < 4.78 is 13.7. The van der Waals surface area contributed by atoms with Gasteiger partial charge in [-0.05, 0) is 19.2 Å². The van der Waals surface area contributed by atoms with E-state index in [1.54, 1.807) is 24.3 Å². The van der Waals surface area contributed by atoms with Crippen LogP contribution >= 0.6 is 11.8 Å². The van der Waals surface area contributed by atoms with Gasteiger partial charge < -0.3 is 10.7 Å². The Morgan fingerprint density at radius 2 is 1.95 bits per heavy atom. The van der Waals surface area contributed by atoms with Gasteiger partial charge in [0.2, 0.25) is 0 Å². The summed E-state index contributed by atoms with van der Waals surface area (Å²) in [4.78, 5) is 8.49. The Morgan fingerprint density at radius 1 is 1.25 bits per heavy atom. The summed E-state index contributed by atoms with van der Waals surface area (Å²) in [7, 11) is 0. The molecule has 1 heterocycles. The van der Waals surface area contributed by atoms with E-state index in [2.05, 4.69) is 20.7 Å². The summed E-state index contributed by atoms with van der Waals surface area (Å²) in [5.41, 5.74) is 3.07. The van der Waals surface area contributed by atoms with Crippen molar-refractivity contribution in [1.82, 2.24) is 9.97 Å². The number of thioether (sulfide) groups is 1. The van der Waals surface area contributed by atoms with E-state index >= 15 is 0 Å². The van der Waals surface area contributed by atoms with Crippen molar-refractivity contribution in [3.8, 4) is 0 Å². The number of rotatable bonds is 5. The summed E-state index contributed by atoms with van der Waals surface area (Å²) in [6, 6.07) is 8.11. The Balaban J connectivity index is 2.23. The average Bonchev–Trinajstić information content (AvgIpc) is 2.47. The Labute approximate surface area is 121 Å². The number of nitrogens with one attached hydrogen (secondary N) is 2. The lowest BCUT2D eigenvalue weighted by Gasteiger charge is -2.16. The van der Waals surface area contributed by atoms with Crippen LogP contribution in [0.15, 0.2) is 35.5 Å². The fourth-order valence-corrected chi connectivity index (χ4v) is 2.17. The molecule has 1 aromatic heterocycles. The molecule has 0 fully saturated rings. The molecule has 2 aromatic rings. The first-order chi connectivity index (χ1) is 9.63. The molecule has 4 N–H and O–H groups in total. The summed E-state index contributed by atoms with van der Waals surface area (Å²) in [5, 5.41) is 3.74. The molecule has 1 atom stereocenters. The molecule has 0 saturated heterocycles. The van der Waals surface area contributed by atoms with E-state index in [0.717, 1.165) is 0 Å². The molecule has 0 amide bonds. The first-order valence-corrected chi connectivity index (χ1v) is 7.27. The average molecular weight is 293 g/mol. The van der Waals surface area contributed by atoms with E-state index in [-0.39, 0.29) is 11.9 Å². The van der Waals surface area contributed by atoms with Crippen molar-refractivity contribution < 1.29 is 4.39 Å². The maximum atomic E-state index is 13.7. The fraction of sp³-hybridized carbons (Fsp3) is 0.231. The van der Waals surface area contributed by atoms with Gasteiger partial charge in [0.15, 0.2) is 5.16 Å². The van der Waals surface area contributed by atoms with Gasteiger partial charge >= 0.3 is 0 Å². The van der Waals surface area contributed by atoms with E-state index in [0.29, 0.717) is 22.4 Å². The third kappa shape index (κ3) is 3.37. The summed E-state index contributed by atoms with van der Waals surface area (Å²) in [5.74, 6) is 6.22. The first-order valence-electron chi connectivity index (χ1n) is 6.04. The SMILES string of the molecule is CSc1nc(NN)cc(NC(C)c2ccccc2F)n1. The van der Waals surface area contributed by atoms with Crippen molar-refractivity contribution in [2.75, 3.05) is 17.0 Å². The van der Waals surface area contributed by atoms with Crippen LogP contribution in [0.2, 0.25) is 0 Å². The van der Waals surface area contributed by atoms with Crippen LogP contribution in [0.4, 0.5) is 16.0 Å². The Morgan fingerprint density at radius 3 is 2.60 bits per heavy atom. The van der Waals surface area contributed by atoms with Crippen LogP contribution in [-0.2, 0) is 0 Å². The lowest BCUT2D eigenvalue weighted by Crippen LogP contribution is -2.13. The van der Waals surface area contributed by atoms with Crippen LogP contribution in [0.1, 0.15) is 18.5 Å². The normalized spacial score (nSPS) is 12.0. The van der Waals surface area contributed by atoms with Gasteiger partial charge in [-0.3, -0.25) is 0 Å². The Hall–Kier alpha value is -1.86. The molecule has 1 aromatic carbocycles. The van der Waals surface area contributed by atoms with Gasteiger partial charge in [0.1, 0.15) is 17.5 Å². The minimum absolute atomic E-state index is 0.216. The van der Waals surface area contributed by atoms with E-state index < -0.39 is 0 Å². The smallest absolute Gasteiger partial charge is 0.191 e. The molecule has 0 aliphatic heterocycles. The number of anilines is 2. The van der Waals surface area contributed by atoms with Gasteiger partial charge in [-0.15, -0.1) is 0 Å². The minimum Gasteiger partial charge on any atom is -0.363 e. The molecule has 0 radical (unpaired) electrons. The minimum atomic E-state index is -0.246. The molecule has 0 aliphatic carbocycles. The quantitative estimate of drug-likeness (QED) is 0.341. The van der Waals surface area contributed by atoms with Gasteiger partial charge in [-0.2, -0.15) is 0 Å². The van der Waals surface area contributed by atoms with Crippen LogP contribution in [-0.4, -0.2) is 16.2 Å².